The Hall–Kier alpha value is -2.56. The minimum atomic E-state index is -0.344. The lowest BCUT2D eigenvalue weighted by molar-refractivity contribution is 0.251. The Balaban J connectivity index is 1.84. The largest absolute Gasteiger partial charge is 0.494 e. The molecule has 110 valence electrons. The molecule has 0 aliphatic carbocycles. The maximum atomic E-state index is 13.0. The molecule has 0 aliphatic heterocycles. The van der Waals surface area contributed by atoms with Crippen LogP contribution in [-0.4, -0.2) is 12.6 Å². The lowest BCUT2D eigenvalue weighted by atomic mass is 10.2. The van der Waals surface area contributed by atoms with Gasteiger partial charge >= 0.3 is 6.03 Å². The summed E-state index contributed by atoms with van der Waals surface area (Å²) in [5.41, 5.74) is 1.37. The van der Waals surface area contributed by atoms with E-state index in [4.69, 9.17) is 4.74 Å². The number of ether oxygens (including phenoxy) is 1. The molecule has 2 aromatic carbocycles. The third-order valence-electron chi connectivity index (χ3n) is 2.77. The van der Waals surface area contributed by atoms with Gasteiger partial charge in [0.25, 0.3) is 0 Å². The van der Waals surface area contributed by atoms with Gasteiger partial charge in [0.15, 0.2) is 0 Å². The normalized spacial score (nSPS) is 10.0. The van der Waals surface area contributed by atoms with Crippen molar-refractivity contribution in [3.8, 4) is 5.75 Å². The maximum absolute atomic E-state index is 13.0. The zero-order valence-corrected chi connectivity index (χ0v) is 11.7. The summed E-state index contributed by atoms with van der Waals surface area (Å²) in [7, 11) is 0. The third-order valence-corrected chi connectivity index (χ3v) is 2.77. The van der Waals surface area contributed by atoms with Gasteiger partial charge in [-0.25, -0.2) is 9.18 Å². The first-order valence-electron chi connectivity index (χ1n) is 6.69. The Bertz CT molecular complexity index is 599. The molecule has 0 unspecified atom stereocenters. The lowest BCUT2D eigenvalue weighted by Crippen LogP contribution is -2.28. The SMILES string of the molecule is CCOc1ccc(NC(=O)NCc2cccc(F)c2)cc1. The average Bonchev–Trinajstić information content (AvgIpc) is 2.48. The number of anilines is 1. The number of halogens is 1. The number of rotatable bonds is 5. The molecule has 0 fully saturated rings. The fourth-order valence-corrected chi connectivity index (χ4v) is 1.81. The molecule has 2 amide bonds. The van der Waals surface area contributed by atoms with E-state index in [2.05, 4.69) is 10.6 Å². The molecular formula is C16H17FN2O2. The van der Waals surface area contributed by atoms with Crippen LogP contribution < -0.4 is 15.4 Å². The van der Waals surface area contributed by atoms with Crippen molar-refractivity contribution in [2.24, 2.45) is 0 Å². The van der Waals surface area contributed by atoms with Gasteiger partial charge in [-0.15, -0.1) is 0 Å². The Morgan fingerprint density at radius 3 is 2.62 bits per heavy atom. The molecule has 0 spiro atoms. The van der Waals surface area contributed by atoms with E-state index in [0.29, 0.717) is 17.9 Å². The number of hydrogen-bond donors (Lipinski definition) is 2. The van der Waals surface area contributed by atoms with Crippen LogP contribution in [0.5, 0.6) is 5.75 Å². The first-order chi connectivity index (χ1) is 10.2. The minimum absolute atomic E-state index is 0.265. The van der Waals surface area contributed by atoms with Crippen molar-refractivity contribution in [3.05, 3.63) is 59.9 Å². The highest BCUT2D eigenvalue weighted by molar-refractivity contribution is 5.89. The van der Waals surface area contributed by atoms with Crippen LogP contribution in [0.25, 0.3) is 0 Å². The number of carbonyl (C=O) groups excluding carboxylic acids is 1. The Labute approximate surface area is 122 Å². The molecule has 2 rings (SSSR count). The van der Waals surface area contributed by atoms with Gasteiger partial charge in [-0.05, 0) is 48.9 Å². The number of nitrogens with one attached hydrogen (secondary N) is 2. The van der Waals surface area contributed by atoms with Crippen molar-refractivity contribution in [3.63, 3.8) is 0 Å². The molecule has 5 heteroatoms. The van der Waals surface area contributed by atoms with Gasteiger partial charge in [-0.2, -0.15) is 0 Å². The lowest BCUT2D eigenvalue weighted by Gasteiger charge is -2.09. The fraction of sp³-hybridized carbons (Fsp3) is 0.188. The molecule has 0 saturated carbocycles. The van der Waals surface area contributed by atoms with E-state index in [0.717, 1.165) is 5.75 Å². The van der Waals surface area contributed by atoms with Crippen LogP contribution in [0.15, 0.2) is 48.5 Å². The molecule has 0 heterocycles. The number of carbonyl (C=O) groups is 1. The molecule has 0 saturated heterocycles. The average molecular weight is 288 g/mol. The van der Waals surface area contributed by atoms with Crippen LogP contribution in [0, 0.1) is 5.82 Å². The predicted molar refractivity (Wildman–Crippen MR) is 79.9 cm³/mol. The van der Waals surface area contributed by atoms with E-state index < -0.39 is 0 Å². The van der Waals surface area contributed by atoms with Gasteiger partial charge in [0.2, 0.25) is 0 Å². The quantitative estimate of drug-likeness (QED) is 0.884. The highest BCUT2D eigenvalue weighted by Crippen LogP contribution is 2.15. The summed E-state index contributed by atoms with van der Waals surface area (Å²) in [4.78, 5) is 11.7. The van der Waals surface area contributed by atoms with Gasteiger partial charge in [-0.3, -0.25) is 0 Å². The maximum Gasteiger partial charge on any atom is 0.319 e. The molecule has 0 aliphatic rings. The number of hydrogen-bond acceptors (Lipinski definition) is 2. The molecule has 2 N–H and O–H groups in total. The van der Waals surface area contributed by atoms with E-state index in [-0.39, 0.29) is 18.4 Å². The van der Waals surface area contributed by atoms with Gasteiger partial charge in [0, 0.05) is 12.2 Å². The van der Waals surface area contributed by atoms with Crippen molar-refractivity contribution in [1.82, 2.24) is 5.32 Å². The second-order valence-corrected chi connectivity index (χ2v) is 4.39. The van der Waals surface area contributed by atoms with Crippen LogP contribution in [0.3, 0.4) is 0 Å². The summed E-state index contributed by atoms with van der Waals surface area (Å²) in [5.74, 6) is 0.435. The second-order valence-electron chi connectivity index (χ2n) is 4.39. The summed E-state index contributed by atoms with van der Waals surface area (Å²) < 4.78 is 18.3. The van der Waals surface area contributed by atoms with Crippen molar-refractivity contribution in [2.75, 3.05) is 11.9 Å². The highest BCUT2D eigenvalue weighted by Gasteiger charge is 2.02. The van der Waals surface area contributed by atoms with Crippen molar-refractivity contribution < 1.29 is 13.9 Å². The van der Waals surface area contributed by atoms with Crippen LogP contribution in [0.4, 0.5) is 14.9 Å². The monoisotopic (exact) mass is 288 g/mol. The Morgan fingerprint density at radius 2 is 1.95 bits per heavy atom. The van der Waals surface area contributed by atoms with Crippen LogP contribution >= 0.6 is 0 Å². The number of amides is 2. The van der Waals surface area contributed by atoms with Crippen molar-refractivity contribution >= 4 is 11.7 Å². The van der Waals surface area contributed by atoms with E-state index in [1.807, 2.05) is 6.92 Å². The molecular weight excluding hydrogens is 271 g/mol. The first kappa shape index (κ1) is 14.8. The fourth-order valence-electron chi connectivity index (χ4n) is 1.81. The summed E-state index contributed by atoms with van der Waals surface area (Å²) in [6.07, 6.45) is 0. The van der Waals surface area contributed by atoms with Crippen molar-refractivity contribution in [1.29, 1.82) is 0 Å². The van der Waals surface area contributed by atoms with E-state index in [1.165, 1.54) is 12.1 Å². The van der Waals surface area contributed by atoms with Crippen LogP contribution in [0.2, 0.25) is 0 Å². The minimum Gasteiger partial charge on any atom is -0.494 e. The molecule has 0 bridgehead atoms. The van der Waals surface area contributed by atoms with E-state index in [9.17, 15) is 9.18 Å². The summed E-state index contributed by atoms with van der Waals surface area (Å²) >= 11 is 0. The zero-order chi connectivity index (χ0) is 15.1. The molecule has 4 nitrogen and oxygen atoms in total. The molecule has 0 radical (unpaired) electrons. The van der Waals surface area contributed by atoms with Crippen molar-refractivity contribution in [2.45, 2.75) is 13.5 Å². The predicted octanol–water partition coefficient (Wildman–Crippen LogP) is 3.55. The standard InChI is InChI=1S/C16H17FN2O2/c1-2-21-15-8-6-14(7-9-15)19-16(20)18-11-12-4-3-5-13(17)10-12/h3-10H,2,11H2,1H3,(H2,18,19,20). The number of benzene rings is 2. The van der Waals surface area contributed by atoms with Crippen LogP contribution in [-0.2, 0) is 6.54 Å². The molecule has 21 heavy (non-hydrogen) atoms. The second kappa shape index (κ2) is 7.28. The van der Waals surface area contributed by atoms with Gasteiger partial charge in [0.05, 0.1) is 6.61 Å². The zero-order valence-electron chi connectivity index (χ0n) is 11.7. The molecule has 2 aromatic rings. The van der Waals surface area contributed by atoms with E-state index >= 15 is 0 Å². The summed E-state index contributed by atoms with van der Waals surface area (Å²) in [6, 6.07) is 12.8. The van der Waals surface area contributed by atoms with Gasteiger partial charge < -0.3 is 15.4 Å². The molecule has 0 aromatic heterocycles. The van der Waals surface area contributed by atoms with Crippen LogP contribution in [0.1, 0.15) is 12.5 Å². The molecule has 0 atom stereocenters. The third kappa shape index (κ3) is 4.80. The van der Waals surface area contributed by atoms with Gasteiger partial charge in [-0.1, -0.05) is 12.1 Å². The van der Waals surface area contributed by atoms with Gasteiger partial charge in [0.1, 0.15) is 11.6 Å². The smallest absolute Gasteiger partial charge is 0.319 e. The topological polar surface area (TPSA) is 50.4 Å². The summed E-state index contributed by atoms with van der Waals surface area (Å²) in [6.45, 7) is 2.77. The highest BCUT2D eigenvalue weighted by atomic mass is 19.1. The Morgan fingerprint density at radius 1 is 1.19 bits per heavy atom. The van der Waals surface area contributed by atoms with E-state index in [1.54, 1.807) is 36.4 Å². The Kier molecular flexibility index (Phi) is 5.15. The first-order valence-corrected chi connectivity index (χ1v) is 6.69. The summed E-state index contributed by atoms with van der Waals surface area (Å²) in [5, 5.41) is 5.36. The number of urea groups is 1.